The van der Waals surface area contributed by atoms with Gasteiger partial charge in [0.2, 0.25) is 0 Å². The normalized spacial score (nSPS) is 10.1. The molecule has 0 radical (unpaired) electrons. The van der Waals surface area contributed by atoms with E-state index < -0.39 is 0 Å². The average molecular weight is 254 g/mol. The highest BCUT2D eigenvalue weighted by molar-refractivity contribution is 9.09. The molecule has 1 rings (SSSR count). The lowest BCUT2D eigenvalue weighted by Crippen LogP contribution is -1.86. The van der Waals surface area contributed by atoms with Crippen LogP contribution in [0.15, 0.2) is 18.2 Å². The van der Waals surface area contributed by atoms with E-state index in [1.165, 1.54) is 0 Å². The molecule has 1 aromatic rings. The van der Waals surface area contributed by atoms with Gasteiger partial charge < -0.3 is 0 Å². The largest absolute Gasteiger partial charge is 0.0924 e. The molecule has 0 aliphatic heterocycles. The lowest BCUT2D eigenvalue weighted by molar-refractivity contribution is 1.17. The van der Waals surface area contributed by atoms with Crippen LogP contribution in [-0.2, 0) is 6.42 Å². The van der Waals surface area contributed by atoms with Crippen LogP contribution < -0.4 is 0 Å². The number of alkyl halides is 1. The Bertz CT molecular complexity index is 248. The molecule has 0 aliphatic carbocycles. The van der Waals surface area contributed by atoms with Crippen LogP contribution in [0.25, 0.3) is 0 Å². The summed E-state index contributed by atoms with van der Waals surface area (Å²) in [4.78, 5) is 0. The van der Waals surface area contributed by atoms with Crippen molar-refractivity contribution in [3.63, 3.8) is 0 Å². The van der Waals surface area contributed by atoms with Crippen LogP contribution in [0, 0.1) is 0 Å². The van der Waals surface area contributed by atoms with Gasteiger partial charge >= 0.3 is 0 Å². The summed E-state index contributed by atoms with van der Waals surface area (Å²) in [5, 5.41) is 2.21. The first-order chi connectivity index (χ1) is 5.25. The molecule has 0 unspecified atom stereocenters. The summed E-state index contributed by atoms with van der Waals surface area (Å²) < 4.78 is 0. The molecule has 60 valence electrons. The highest BCUT2D eigenvalue weighted by Crippen LogP contribution is 2.25. The van der Waals surface area contributed by atoms with Crippen molar-refractivity contribution in [1.82, 2.24) is 0 Å². The van der Waals surface area contributed by atoms with Crippen molar-refractivity contribution in [3.05, 3.63) is 33.8 Å². The second-order valence-electron chi connectivity index (χ2n) is 2.15. The van der Waals surface area contributed by atoms with Crippen molar-refractivity contribution in [1.29, 1.82) is 0 Å². The quantitative estimate of drug-likeness (QED) is 0.701. The third-order valence-corrected chi connectivity index (χ3v) is 2.65. The minimum Gasteiger partial charge on any atom is -0.0924 e. The zero-order chi connectivity index (χ0) is 8.27. The van der Waals surface area contributed by atoms with Gasteiger partial charge in [0.1, 0.15) is 0 Å². The summed E-state index contributed by atoms with van der Waals surface area (Å²) in [5.74, 6) is 0. The fraction of sp³-hybridized carbons (Fsp3) is 0.250. The predicted molar refractivity (Wildman–Crippen MR) is 54.0 cm³/mol. The molecular weight excluding hydrogens is 247 g/mol. The van der Waals surface area contributed by atoms with Gasteiger partial charge in [-0.15, -0.1) is 0 Å². The van der Waals surface area contributed by atoms with E-state index in [1.807, 2.05) is 12.1 Å². The molecule has 0 saturated carbocycles. The Morgan fingerprint density at radius 3 is 2.64 bits per heavy atom. The highest BCUT2D eigenvalue weighted by Gasteiger charge is 2.01. The predicted octanol–water partition coefficient (Wildman–Crippen LogP) is 3.93. The van der Waals surface area contributed by atoms with Crippen molar-refractivity contribution in [3.8, 4) is 0 Å². The van der Waals surface area contributed by atoms with Gasteiger partial charge in [-0.3, -0.25) is 0 Å². The van der Waals surface area contributed by atoms with Crippen molar-refractivity contribution < 1.29 is 0 Å². The smallest absolute Gasteiger partial charge is 0.0624 e. The molecule has 0 bridgehead atoms. The Morgan fingerprint density at radius 1 is 1.27 bits per heavy atom. The van der Waals surface area contributed by atoms with Crippen molar-refractivity contribution >= 4 is 39.1 Å². The van der Waals surface area contributed by atoms with E-state index in [4.69, 9.17) is 23.2 Å². The van der Waals surface area contributed by atoms with Gasteiger partial charge in [-0.05, 0) is 18.1 Å². The molecule has 0 atom stereocenters. The lowest BCUT2D eigenvalue weighted by Gasteiger charge is -2.01. The molecular formula is C8H7BrCl2. The molecule has 1 aromatic carbocycles. The second-order valence-corrected chi connectivity index (χ2v) is 3.73. The zero-order valence-electron chi connectivity index (χ0n) is 5.78. The van der Waals surface area contributed by atoms with Crippen molar-refractivity contribution in [2.45, 2.75) is 6.42 Å². The minimum absolute atomic E-state index is 0.630. The number of halogens is 3. The number of hydrogen-bond acceptors (Lipinski definition) is 0. The van der Waals surface area contributed by atoms with E-state index in [0.29, 0.717) is 10.0 Å². The first kappa shape index (κ1) is 9.37. The van der Waals surface area contributed by atoms with Crippen LogP contribution >= 0.6 is 39.1 Å². The summed E-state index contributed by atoms with van der Waals surface area (Å²) >= 11 is 15.1. The third-order valence-electron chi connectivity index (χ3n) is 1.40. The average Bonchev–Trinajstić information content (AvgIpc) is 1.99. The molecule has 0 spiro atoms. The molecule has 3 heteroatoms. The Kier molecular flexibility index (Phi) is 3.70. The van der Waals surface area contributed by atoms with E-state index in [0.717, 1.165) is 17.3 Å². The van der Waals surface area contributed by atoms with Crippen LogP contribution in [0.4, 0.5) is 0 Å². The van der Waals surface area contributed by atoms with Crippen molar-refractivity contribution in [2.75, 3.05) is 5.33 Å². The van der Waals surface area contributed by atoms with Gasteiger partial charge in [0.05, 0.1) is 10.0 Å². The molecule has 0 N–H and O–H groups in total. The minimum atomic E-state index is 0.630. The second kappa shape index (κ2) is 4.34. The van der Waals surface area contributed by atoms with E-state index in [2.05, 4.69) is 15.9 Å². The Balaban J connectivity index is 2.96. The van der Waals surface area contributed by atoms with Crippen molar-refractivity contribution in [2.24, 2.45) is 0 Å². The summed E-state index contributed by atoms with van der Waals surface area (Å²) in [7, 11) is 0. The number of benzene rings is 1. The van der Waals surface area contributed by atoms with Crippen LogP contribution in [0.3, 0.4) is 0 Å². The fourth-order valence-corrected chi connectivity index (χ4v) is 1.69. The zero-order valence-corrected chi connectivity index (χ0v) is 8.88. The standard InChI is InChI=1S/C8H7BrCl2/c9-5-4-6-2-1-3-7(10)8(6)11/h1-3H,4-5H2. The number of rotatable bonds is 2. The van der Waals surface area contributed by atoms with Gasteiger partial charge in [-0.25, -0.2) is 0 Å². The van der Waals surface area contributed by atoms with Gasteiger partial charge in [-0.2, -0.15) is 0 Å². The maximum Gasteiger partial charge on any atom is 0.0624 e. The molecule has 0 nitrogen and oxygen atoms in total. The third kappa shape index (κ3) is 2.36. The SMILES string of the molecule is Clc1cccc(CCBr)c1Cl. The molecule has 0 aliphatic rings. The summed E-state index contributed by atoms with van der Waals surface area (Å²) in [6.07, 6.45) is 0.916. The summed E-state index contributed by atoms with van der Waals surface area (Å²) in [6.45, 7) is 0. The first-order valence-corrected chi connectivity index (χ1v) is 5.12. The summed E-state index contributed by atoms with van der Waals surface area (Å²) in [6, 6.07) is 5.68. The van der Waals surface area contributed by atoms with Gasteiger partial charge in [0, 0.05) is 5.33 Å². The molecule has 11 heavy (non-hydrogen) atoms. The molecule has 0 aromatic heterocycles. The van der Waals surface area contributed by atoms with Gasteiger partial charge in [0.15, 0.2) is 0 Å². The van der Waals surface area contributed by atoms with Crippen LogP contribution in [0.5, 0.6) is 0 Å². The molecule has 0 fully saturated rings. The number of aryl methyl sites for hydroxylation is 1. The van der Waals surface area contributed by atoms with Crippen LogP contribution in [0.2, 0.25) is 10.0 Å². The topological polar surface area (TPSA) is 0 Å². The number of hydrogen-bond donors (Lipinski definition) is 0. The lowest BCUT2D eigenvalue weighted by atomic mass is 10.2. The summed E-state index contributed by atoms with van der Waals surface area (Å²) in [5.41, 5.74) is 1.09. The monoisotopic (exact) mass is 252 g/mol. The molecule has 0 heterocycles. The Labute approximate surface area is 84.6 Å². The van der Waals surface area contributed by atoms with Crippen LogP contribution in [0.1, 0.15) is 5.56 Å². The fourth-order valence-electron chi connectivity index (χ4n) is 0.843. The van der Waals surface area contributed by atoms with Crippen LogP contribution in [-0.4, -0.2) is 5.33 Å². The Morgan fingerprint density at radius 2 is 2.00 bits per heavy atom. The molecule has 0 amide bonds. The highest BCUT2D eigenvalue weighted by atomic mass is 79.9. The Hall–Kier alpha value is 0.280. The maximum atomic E-state index is 5.92. The maximum absolute atomic E-state index is 5.92. The van der Waals surface area contributed by atoms with E-state index in [9.17, 15) is 0 Å². The van der Waals surface area contributed by atoms with E-state index in [-0.39, 0.29) is 0 Å². The molecule has 0 saturated heterocycles. The van der Waals surface area contributed by atoms with Gasteiger partial charge in [-0.1, -0.05) is 51.3 Å². The van der Waals surface area contributed by atoms with E-state index in [1.54, 1.807) is 6.07 Å². The van der Waals surface area contributed by atoms with E-state index >= 15 is 0 Å². The van der Waals surface area contributed by atoms with Gasteiger partial charge in [0.25, 0.3) is 0 Å². The first-order valence-electron chi connectivity index (χ1n) is 3.24.